The van der Waals surface area contributed by atoms with Crippen LogP contribution < -0.4 is 5.32 Å². The average molecular weight is 171 g/mol. The van der Waals surface area contributed by atoms with Crippen LogP contribution in [-0.4, -0.2) is 25.7 Å². The minimum absolute atomic E-state index is 0.0695. The van der Waals surface area contributed by atoms with Gasteiger partial charge in [-0.3, -0.25) is 4.79 Å². The van der Waals surface area contributed by atoms with E-state index in [2.05, 4.69) is 17.0 Å². The Morgan fingerprint density at radius 2 is 2.25 bits per heavy atom. The highest BCUT2D eigenvalue weighted by molar-refractivity contribution is 5.75. The highest BCUT2D eigenvalue weighted by Crippen LogP contribution is 2.14. The van der Waals surface area contributed by atoms with Gasteiger partial charge in [-0.2, -0.15) is 0 Å². The number of carbonyl (C=O) groups excluding carboxylic acids is 1. The molecular weight excluding hydrogens is 154 g/mol. The van der Waals surface area contributed by atoms with Gasteiger partial charge in [-0.1, -0.05) is 13.3 Å². The van der Waals surface area contributed by atoms with Crippen LogP contribution in [0.2, 0.25) is 0 Å². The molecule has 0 aromatic heterocycles. The topological polar surface area (TPSA) is 38.3 Å². The summed E-state index contributed by atoms with van der Waals surface area (Å²) in [5.41, 5.74) is 0. The maximum Gasteiger partial charge on any atom is 0.322 e. The maximum atomic E-state index is 11.1. The van der Waals surface area contributed by atoms with Crippen LogP contribution in [0.3, 0.4) is 0 Å². The molecule has 0 unspecified atom stereocenters. The molecule has 0 amide bonds. The van der Waals surface area contributed by atoms with E-state index in [0.29, 0.717) is 5.92 Å². The monoisotopic (exact) mass is 171 g/mol. The van der Waals surface area contributed by atoms with Crippen LogP contribution in [0.4, 0.5) is 0 Å². The van der Waals surface area contributed by atoms with Gasteiger partial charge in [0.15, 0.2) is 0 Å². The summed E-state index contributed by atoms with van der Waals surface area (Å²) in [6.45, 7) is 3.13. The molecule has 0 aromatic rings. The minimum atomic E-state index is -0.121. The van der Waals surface area contributed by atoms with Crippen molar-refractivity contribution in [1.82, 2.24) is 5.32 Å². The Balaban J connectivity index is 2.40. The van der Waals surface area contributed by atoms with E-state index in [-0.39, 0.29) is 12.0 Å². The van der Waals surface area contributed by atoms with Gasteiger partial charge in [0.2, 0.25) is 0 Å². The van der Waals surface area contributed by atoms with E-state index >= 15 is 0 Å². The molecule has 0 bridgehead atoms. The molecule has 70 valence electrons. The van der Waals surface area contributed by atoms with Crippen LogP contribution in [0.5, 0.6) is 0 Å². The Morgan fingerprint density at radius 3 is 2.92 bits per heavy atom. The molecule has 1 N–H and O–H groups in total. The van der Waals surface area contributed by atoms with Crippen LogP contribution in [0, 0.1) is 5.92 Å². The van der Waals surface area contributed by atoms with Gasteiger partial charge in [0.05, 0.1) is 7.11 Å². The molecule has 1 aliphatic heterocycles. The Kier molecular flexibility index (Phi) is 3.53. The first-order chi connectivity index (χ1) is 5.74. The highest BCUT2D eigenvalue weighted by Gasteiger charge is 2.21. The number of esters is 1. The third-order valence-electron chi connectivity index (χ3n) is 2.39. The number of carbonyl (C=O) groups is 1. The summed E-state index contributed by atoms with van der Waals surface area (Å²) >= 11 is 0. The molecule has 0 aromatic carbocycles. The van der Waals surface area contributed by atoms with Gasteiger partial charge in [0.25, 0.3) is 0 Å². The summed E-state index contributed by atoms with van der Waals surface area (Å²) in [7, 11) is 1.44. The van der Waals surface area contributed by atoms with Crippen LogP contribution in [0.15, 0.2) is 0 Å². The number of nitrogens with one attached hydrogen (secondary N) is 1. The van der Waals surface area contributed by atoms with Crippen molar-refractivity contribution >= 4 is 5.97 Å². The van der Waals surface area contributed by atoms with Crippen molar-refractivity contribution in [2.45, 2.75) is 32.2 Å². The molecule has 1 saturated heterocycles. The molecule has 1 aliphatic rings. The highest BCUT2D eigenvalue weighted by atomic mass is 16.5. The third kappa shape index (κ3) is 2.48. The zero-order valence-corrected chi connectivity index (χ0v) is 7.80. The van der Waals surface area contributed by atoms with Crippen molar-refractivity contribution in [2.24, 2.45) is 5.92 Å². The number of hydrogen-bond donors (Lipinski definition) is 1. The molecule has 12 heavy (non-hydrogen) atoms. The van der Waals surface area contributed by atoms with E-state index in [0.717, 1.165) is 19.4 Å². The lowest BCUT2D eigenvalue weighted by Gasteiger charge is -2.12. The zero-order chi connectivity index (χ0) is 8.97. The van der Waals surface area contributed by atoms with Gasteiger partial charge in [-0.15, -0.1) is 0 Å². The summed E-state index contributed by atoms with van der Waals surface area (Å²) in [6.07, 6.45) is 3.24. The summed E-state index contributed by atoms with van der Waals surface area (Å²) in [5.74, 6) is 0.559. The quantitative estimate of drug-likeness (QED) is 0.597. The smallest absolute Gasteiger partial charge is 0.322 e. The van der Waals surface area contributed by atoms with Crippen molar-refractivity contribution in [3.63, 3.8) is 0 Å². The second-order valence-electron chi connectivity index (χ2n) is 3.52. The molecule has 3 heteroatoms. The van der Waals surface area contributed by atoms with Crippen LogP contribution in [0.1, 0.15) is 26.2 Å². The molecule has 0 saturated carbocycles. The molecule has 1 fully saturated rings. The second-order valence-corrected chi connectivity index (χ2v) is 3.52. The lowest BCUT2D eigenvalue weighted by Crippen LogP contribution is -2.37. The zero-order valence-electron chi connectivity index (χ0n) is 7.80. The SMILES string of the molecule is COC(=O)[C@@H]1CCC[C@H](C)CN1. The molecule has 0 aliphatic carbocycles. The van der Waals surface area contributed by atoms with Gasteiger partial charge in [0, 0.05) is 0 Å². The van der Waals surface area contributed by atoms with E-state index < -0.39 is 0 Å². The van der Waals surface area contributed by atoms with E-state index in [1.54, 1.807) is 0 Å². The normalized spacial score (nSPS) is 30.8. The largest absolute Gasteiger partial charge is 0.468 e. The first-order valence-corrected chi connectivity index (χ1v) is 4.55. The summed E-state index contributed by atoms with van der Waals surface area (Å²) in [6, 6.07) is -0.0695. The molecule has 0 radical (unpaired) electrons. The number of methoxy groups -OCH3 is 1. The van der Waals surface area contributed by atoms with Crippen molar-refractivity contribution in [1.29, 1.82) is 0 Å². The molecule has 3 nitrogen and oxygen atoms in total. The van der Waals surface area contributed by atoms with Crippen LogP contribution in [0.25, 0.3) is 0 Å². The predicted octanol–water partition coefficient (Wildman–Crippen LogP) is 0.938. The number of hydrogen-bond acceptors (Lipinski definition) is 3. The van der Waals surface area contributed by atoms with Crippen molar-refractivity contribution < 1.29 is 9.53 Å². The lowest BCUT2D eigenvalue weighted by molar-refractivity contribution is -0.143. The summed E-state index contributed by atoms with van der Waals surface area (Å²) in [4.78, 5) is 11.1. The van der Waals surface area contributed by atoms with Gasteiger partial charge in [0.1, 0.15) is 6.04 Å². The molecule has 1 rings (SSSR count). The van der Waals surface area contributed by atoms with E-state index in [1.807, 2.05) is 0 Å². The fourth-order valence-electron chi connectivity index (χ4n) is 1.56. The van der Waals surface area contributed by atoms with Crippen molar-refractivity contribution in [3.8, 4) is 0 Å². The fourth-order valence-corrected chi connectivity index (χ4v) is 1.56. The van der Waals surface area contributed by atoms with E-state index in [4.69, 9.17) is 0 Å². The summed E-state index contributed by atoms with van der Waals surface area (Å²) < 4.78 is 4.68. The van der Waals surface area contributed by atoms with Gasteiger partial charge in [-0.05, 0) is 25.3 Å². The van der Waals surface area contributed by atoms with Crippen molar-refractivity contribution in [2.75, 3.05) is 13.7 Å². The fraction of sp³-hybridized carbons (Fsp3) is 0.889. The van der Waals surface area contributed by atoms with E-state index in [1.165, 1.54) is 13.5 Å². The molecule has 2 atom stereocenters. The molecular formula is C9H17NO2. The lowest BCUT2D eigenvalue weighted by atomic mass is 10.1. The molecule has 0 spiro atoms. The Morgan fingerprint density at radius 1 is 1.50 bits per heavy atom. The standard InChI is InChI=1S/C9H17NO2/c1-7-4-3-5-8(10-6-7)9(11)12-2/h7-8,10H,3-6H2,1-2H3/t7-,8-/m0/s1. The Bertz CT molecular complexity index is 159. The Hall–Kier alpha value is -0.570. The van der Waals surface area contributed by atoms with E-state index in [9.17, 15) is 4.79 Å². The first kappa shape index (κ1) is 9.52. The summed E-state index contributed by atoms with van der Waals surface area (Å²) in [5, 5.41) is 3.21. The van der Waals surface area contributed by atoms with Gasteiger partial charge < -0.3 is 10.1 Å². The average Bonchev–Trinajstić information content (AvgIpc) is 2.29. The van der Waals surface area contributed by atoms with Gasteiger partial charge >= 0.3 is 5.97 Å². The van der Waals surface area contributed by atoms with Gasteiger partial charge in [-0.25, -0.2) is 0 Å². The second kappa shape index (κ2) is 4.45. The van der Waals surface area contributed by atoms with Crippen molar-refractivity contribution in [3.05, 3.63) is 0 Å². The number of ether oxygens (including phenoxy) is 1. The Labute approximate surface area is 73.5 Å². The maximum absolute atomic E-state index is 11.1. The number of rotatable bonds is 1. The third-order valence-corrected chi connectivity index (χ3v) is 2.39. The van der Waals surface area contributed by atoms with Crippen LogP contribution >= 0.6 is 0 Å². The first-order valence-electron chi connectivity index (χ1n) is 4.55. The minimum Gasteiger partial charge on any atom is -0.468 e. The molecule has 1 heterocycles. The van der Waals surface area contributed by atoms with Crippen LogP contribution in [-0.2, 0) is 9.53 Å². The predicted molar refractivity (Wildman–Crippen MR) is 46.8 cm³/mol.